The molecule has 0 amide bonds. The van der Waals surface area contributed by atoms with Crippen LogP contribution >= 0.6 is 11.8 Å². The van der Waals surface area contributed by atoms with Crippen LogP contribution in [-0.2, 0) is 5.41 Å². The summed E-state index contributed by atoms with van der Waals surface area (Å²) in [6.07, 6.45) is 0. The van der Waals surface area contributed by atoms with Gasteiger partial charge in [0.05, 0.1) is 11.1 Å². The zero-order chi connectivity index (χ0) is 45.1. The van der Waals surface area contributed by atoms with Gasteiger partial charge in [-0.25, -0.2) is 0 Å². The van der Waals surface area contributed by atoms with Crippen LogP contribution in [0.15, 0.2) is 283 Å². The van der Waals surface area contributed by atoms with E-state index in [9.17, 15) is 0 Å². The third-order valence-corrected chi connectivity index (χ3v) is 20.5. The molecule has 11 aromatic carbocycles. The first-order valence-electron chi connectivity index (χ1n) is 23.5. The first-order valence-corrected chi connectivity index (χ1v) is 26.3. The van der Waals surface area contributed by atoms with Gasteiger partial charge < -0.3 is 4.90 Å². The predicted octanol–water partition coefficient (Wildman–Crippen LogP) is 14.2. The zero-order valence-electron chi connectivity index (χ0n) is 37.3. The highest BCUT2D eigenvalue weighted by Crippen LogP contribution is 2.57. The summed E-state index contributed by atoms with van der Waals surface area (Å²) < 4.78 is 0. The highest BCUT2D eigenvalue weighted by molar-refractivity contribution is 7.99. The molecule has 1 spiro atoms. The molecule has 2 aliphatic heterocycles. The summed E-state index contributed by atoms with van der Waals surface area (Å²) in [6, 6.07) is 102. The van der Waals surface area contributed by atoms with Gasteiger partial charge in [-0.3, -0.25) is 0 Å². The molecule has 0 aromatic heterocycles. The van der Waals surface area contributed by atoms with Crippen molar-refractivity contribution in [2.24, 2.45) is 0 Å². The molecule has 320 valence electrons. The van der Waals surface area contributed by atoms with E-state index in [0.29, 0.717) is 0 Å². The minimum absolute atomic E-state index is 0.540. The lowest BCUT2D eigenvalue weighted by Crippen LogP contribution is -2.79. The monoisotopic (exact) mass is 899 g/mol. The van der Waals surface area contributed by atoms with Crippen LogP contribution in [0.1, 0.15) is 22.3 Å². The lowest BCUT2D eigenvalue weighted by atomic mass is 9.64. The molecule has 2 heterocycles. The van der Waals surface area contributed by atoms with E-state index in [4.69, 9.17) is 0 Å². The Bertz CT molecular complexity index is 3570. The standard InChI is InChI=1S/C65H45NSSi/c1-4-20-46(21-5-1)47-38-41-51(42-39-47)66(60-34-19-23-48-22-10-11-30-55(48)60)52-25-18-24-49(44-52)50-40-43-57-62(45-50)67-61-35-15-12-31-56(61)65(57)58-32-13-16-36-63(58)68(53-26-6-2-7-27-53,54-28-8-3-9-29-54)64-37-17-14-33-59(64)65/h1-45H. The van der Waals surface area contributed by atoms with Gasteiger partial charge >= 0.3 is 0 Å². The van der Waals surface area contributed by atoms with Gasteiger partial charge in [0.15, 0.2) is 8.07 Å². The lowest BCUT2D eigenvalue weighted by molar-refractivity contribution is 0.707. The molecular weight excluding hydrogens is 855 g/mol. The average Bonchev–Trinajstić information content (AvgIpc) is 3.42. The van der Waals surface area contributed by atoms with Crippen molar-refractivity contribution in [3.63, 3.8) is 0 Å². The Morgan fingerprint density at radius 2 is 0.824 bits per heavy atom. The van der Waals surface area contributed by atoms with Gasteiger partial charge in [-0.05, 0) is 113 Å². The van der Waals surface area contributed by atoms with Crippen LogP contribution in [0.5, 0.6) is 0 Å². The molecule has 11 aromatic rings. The normalized spacial score (nSPS) is 13.8. The number of benzene rings is 11. The van der Waals surface area contributed by atoms with Crippen LogP contribution in [0.4, 0.5) is 17.1 Å². The molecule has 0 fully saturated rings. The van der Waals surface area contributed by atoms with E-state index in [1.165, 1.54) is 85.8 Å². The fourth-order valence-corrected chi connectivity index (χ4v) is 18.1. The second kappa shape index (κ2) is 16.4. The molecule has 1 nitrogen and oxygen atoms in total. The summed E-state index contributed by atoms with van der Waals surface area (Å²) in [5, 5.41) is 8.13. The Kier molecular flexibility index (Phi) is 9.74. The maximum atomic E-state index is 2.46. The van der Waals surface area contributed by atoms with E-state index in [0.717, 1.165) is 17.1 Å². The minimum atomic E-state index is -2.81. The number of hydrogen-bond donors (Lipinski definition) is 0. The summed E-state index contributed by atoms with van der Waals surface area (Å²) >= 11 is 1.91. The fourth-order valence-electron chi connectivity index (χ4n) is 11.6. The van der Waals surface area contributed by atoms with Gasteiger partial charge in [-0.1, -0.05) is 242 Å². The average molecular weight is 900 g/mol. The summed E-state index contributed by atoms with van der Waals surface area (Å²) in [5.41, 5.74) is 13.0. The largest absolute Gasteiger partial charge is 0.310 e. The van der Waals surface area contributed by atoms with Crippen molar-refractivity contribution in [3.8, 4) is 22.3 Å². The van der Waals surface area contributed by atoms with Gasteiger partial charge in [-0.2, -0.15) is 0 Å². The smallest absolute Gasteiger partial charge is 0.180 e. The van der Waals surface area contributed by atoms with Crippen LogP contribution < -0.4 is 25.6 Å². The molecule has 0 aliphatic carbocycles. The Morgan fingerprint density at radius 1 is 0.324 bits per heavy atom. The van der Waals surface area contributed by atoms with E-state index < -0.39 is 13.5 Å². The Hall–Kier alpha value is -7.95. The van der Waals surface area contributed by atoms with Crippen LogP contribution in [0.3, 0.4) is 0 Å². The molecule has 2 aliphatic rings. The van der Waals surface area contributed by atoms with Crippen molar-refractivity contribution in [3.05, 3.63) is 295 Å². The SMILES string of the molecule is c1ccc(-c2ccc(N(c3cccc(-c4ccc5c(c4)Sc4ccccc4C54c5ccccc5[Si](c5ccccc5)(c5ccccc5)c5ccccc54)c3)c3cccc4ccccc34)cc2)cc1. The van der Waals surface area contributed by atoms with Crippen molar-refractivity contribution in [1.29, 1.82) is 0 Å². The lowest BCUT2D eigenvalue weighted by Gasteiger charge is -2.51. The van der Waals surface area contributed by atoms with Crippen molar-refractivity contribution in [2.45, 2.75) is 15.2 Å². The molecular formula is C65H45NSSi. The van der Waals surface area contributed by atoms with Crippen molar-refractivity contribution < 1.29 is 0 Å². The van der Waals surface area contributed by atoms with Crippen LogP contribution in [0.2, 0.25) is 0 Å². The van der Waals surface area contributed by atoms with Crippen molar-refractivity contribution >= 4 is 68.4 Å². The number of anilines is 3. The molecule has 13 rings (SSSR count). The van der Waals surface area contributed by atoms with Crippen molar-refractivity contribution in [2.75, 3.05) is 4.90 Å². The summed E-state index contributed by atoms with van der Waals surface area (Å²) in [6.45, 7) is 0. The number of hydrogen-bond acceptors (Lipinski definition) is 2. The molecule has 3 heteroatoms. The van der Waals surface area contributed by atoms with Crippen molar-refractivity contribution in [1.82, 2.24) is 0 Å². The van der Waals surface area contributed by atoms with Gasteiger partial charge in [-0.15, -0.1) is 0 Å². The van der Waals surface area contributed by atoms with E-state index in [2.05, 4.69) is 278 Å². The molecule has 0 atom stereocenters. The van der Waals surface area contributed by atoms with Gasteiger partial charge in [0.2, 0.25) is 0 Å². The second-order valence-electron chi connectivity index (χ2n) is 17.9. The Balaban J connectivity index is 1.00. The number of rotatable bonds is 7. The highest BCUT2D eigenvalue weighted by atomic mass is 32.2. The maximum absolute atomic E-state index is 2.81. The molecule has 68 heavy (non-hydrogen) atoms. The Morgan fingerprint density at radius 3 is 1.53 bits per heavy atom. The molecule has 0 radical (unpaired) electrons. The van der Waals surface area contributed by atoms with E-state index in [-0.39, 0.29) is 0 Å². The third kappa shape index (κ3) is 6.17. The van der Waals surface area contributed by atoms with E-state index in [1.807, 2.05) is 11.8 Å². The summed E-state index contributed by atoms with van der Waals surface area (Å²) in [4.78, 5) is 5.00. The Labute approximate surface area is 403 Å². The summed E-state index contributed by atoms with van der Waals surface area (Å²) in [7, 11) is -2.81. The first kappa shape index (κ1) is 40.3. The van der Waals surface area contributed by atoms with Crippen LogP contribution in [0.25, 0.3) is 33.0 Å². The second-order valence-corrected chi connectivity index (χ2v) is 22.7. The predicted molar refractivity (Wildman–Crippen MR) is 289 cm³/mol. The first-order chi connectivity index (χ1) is 33.7. The maximum Gasteiger partial charge on any atom is 0.180 e. The molecule has 0 saturated carbocycles. The molecule has 0 N–H and O–H groups in total. The molecule has 0 unspecified atom stereocenters. The van der Waals surface area contributed by atoms with Crippen LogP contribution in [-0.4, -0.2) is 8.07 Å². The zero-order valence-corrected chi connectivity index (χ0v) is 39.2. The highest BCUT2D eigenvalue weighted by Gasteiger charge is 2.56. The van der Waals surface area contributed by atoms with Gasteiger partial charge in [0, 0.05) is 26.6 Å². The number of fused-ring (bicyclic) bond motifs is 9. The van der Waals surface area contributed by atoms with E-state index >= 15 is 0 Å². The van der Waals surface area contributed by atoms with Gasteiger partial charge in [0.1, 0.15) is 0 Å². The summed E-state index contributed by atoms with van der Waals surface area (Å²) in [5.74, 6) is 0. The minimum Gasteiger partial charge on any atom is -0.310 e. The molecule has 0 bridgehead atoms. The molecule has 0 saturated heterocycles. The topological polar surface area (TPSA) is 3.24 Å². The third-order valence-electron chi connectivity index (χ3n) is 14.5. The van der Waals surface area contributed by atoms with E-state index in [1.54, 1.807) is 0 Å². The quantitative estimate of drug-likeness (QED) is 0.147. The fraction of sp³-hybridized carbons (Fsp3) is 0.0154. The number of nitrogens with zero attached hydrogens (tertiary/aromatic N) is 1. The van der Waals surface area contributed by atoms with Crippen LogP contribution in [0, 0.1) is 0 Å². The van der Waals surface area contributed by atoms with Gasteiger partial charge in [0.25, 0.3) is 0 Å².